The summed E-state index contributed by atoms with van der Waals surface area (Å²) < 4.78 is 11.3. The van der Waals surface area contributed by atoms with Gasteiger partial charge in [0.2, 0.25) is 5.91 Å². The van der Waals surface area contributed by atoms with E-state index in [1.807, 2.05) is 12.1 Å². The number of imide groups is 1. The van der Waals surface area contributed by atoms with E-state index in [0.717, 1.165) is 41.5 Å². The summed E-state index contributed by atoms with van der Waals surface area (Å²) in [6.45, 7) is 1.30. The summed E-state index contributed by atoms with van der Waals surface area (Å²) in [5.74, 6) is 0.262. The number of likely N-dealkylation sites (tertiary alicyclic amines) is 1. The third-order valence-electron chi connectivity index (χ3n) is 5.88. The van der Waals surface area contributed by atoms with Gasteiger partial charge in [-0.15, -0.1) is 0 Å². The first-order chi connectivity index (χ1) is 17.0. The SMILES string of the molecule is COc1cc(/C=C2\SC(=O)N(CC(=O)N3CCCCC3)C2=O)ccc1OCc1ccccc1C#N. The van der Waals surface area contributed by atoms with Crippen LogP contribution in [-0.2, 0) is 16.2 Å². The van der Waals surface area contributed by atoms with Crippen molar-refractivity contribution in [2.24, 2.45) is 0 Å². The van der Waals surface area contributed by atoms with Crippen LogP contribution in [0.1, 0.15) is 36.0 Å². The molecule has 2 aliphatic heterocycles. The highest BCUT2D eigenvalue weighted by Crippen LogP contribution is 2.35. The summed E-state index contributed by atoms with van der Waals surface area (Å²) >= 11 is 0.820. The predicted octanol–water partition coefficient (Wildman–Crippen LogP) is 4.19. The Kier molecular flexibility index (Phi) is 7.73. The molecule has 0 unspecified atom stereocenters. The Balaban J connectivity index is 1.45. The Hall–Kier alpha value is -3.77. The zero-order valence-corrected chi connectivity index (χ0v) is 20.2. The molecule has 0 radical (unpaired) electrons. The standard InChI is InChI=1S/C26H25N3O5S/c1-33-22-13-18(9-10-21(22)34-17-20-8-4-3-7-19(20)15-27)14-23-25(31)29(26(32)35-23)16-24(30)28-11-5-2-6-12-28/h3-4,7-10,13-14H,2,5-6,11-12,16-17H2,1H3/b23-14-. The Labute approximate surface area is 208 Å². The van der Waals surface area contributed by atoms with Gasteiger partial charge >= 0.3 is 0 Å². The summed E-state index contributed by atoms with van der Waals surface area (Å²) in [6.07, 6.45) is 4.59. The van der Waals surface area contributed by atoms with Crippen molar-refractivity contribution in [3.63, 3.8) is 0 Å². The lowest BCUT2D eigenvalue weighted by Gasteiger charge is -2.27. The van der Waals surface area contributed by atoms with Crippen LogP contribution in [0.15, 0.2) is 47.4 Å². The summed E-state index contributed by atoms with van der Waals surface area (Å²) in [7, 11) is 1.51. The molecular formula is C26H25N3O5S. The second-order valence-corrected chi connectivity index (χ2v) is 9.17. The van der Waals surface area contributed by atoms with Gasteiger partial charge in [-0.05, 0) is 60.9 Å². The molecule has 35 heavy (non-hydrogen) atoms. The van der Waals surface area contributed by atoms with Crippen LogP contribution < -0.4 is 9.47 Å². The number of carbonyl (C=O) groups excluding carboxylic acids is 3. The van der Waals surface area contributed by atoms with Gasteiger partial charge in [-0.25, -0.2) is 0 Å². The molecule has 0 aliphatic carbocycles. The average molecular weight is 492 g/mol. The third kappa shape index (κ3) is 5.66. The molecule has 0 spiro atoms. The van der Waals surface area contributed by atoms with E-state index in [1.54, 1.807) is 41.3 Å². The van der Waals surface area contributed by atoms with Crippen LogP contribution in [0.5, 0.6) is 11.5 Å². The van der Waals surface area contributed by atoms with E-state index in [0.29, 0.717) is 35.7 Å². The van der Waals surface area contributed by atoms with Crippen molar-refractivity contribution in [3.05, 3.63) is 64.1 Å². The number of methoxy groups -OCH3 is 1. The highest BCUT2D eigenvalue weighted by molar-refractivity contribution is 8.18. The van der Waals surface area contributed by atoms with Crippen molar-refractivity contribution < 1.29 is 23.9 Å². The van der Waals surface area contributed by atoms with Crippen LogP contribution in [0.4, 0.5) is 4.79 Å². The van der Waals surface area contributed by atoms with Gasteiger partial charge in [-0.2, -0.15) is 5.26 Å². The lowest BCUT2D eigenvalue weighted by atomic mass is 10.1. The summed E-state index contributed by atoms with van der Waals surface area (Å²) in [6, 6.07) is 14.5. The van der Waals surface area contributed by atoms with Gasteiger partial charge in [0.05, 0.1) is 23.6 Å². The molecule has 0 bridgehead atoms. The number of amides is 3. The minimum atomic E-state index is -0.474. The number of carbonyl (C=O) groups is 3. The molecule has 0 aromatic heterocycles. The Bertz CT molecular complexity index is 1210. The van der Waals surface area contributed by atoms with Gasteiger partial charge in [0.1, 0.15) is 13.2 Å². The number of thioether (sulfide) groups is 1. The van der Waals surface area contributed by atoms with Gasteiger partial charge < -0.3 is 14.4 Å². The summed E-state index contributed by atoms with van der Waals surface area (Å²) in [4.78, 5) is 40.8. The number of nitrogens with zero attached hydrogens (tertiary/aromatic N) is 3. The average Bonchev–Trinajstić information content (AvgIpc) is 3.15. The van der Waals surface area contributed by atoms with Crippen molar-refractivity contribution in [2.75, 3.05) is 26.7 Å². The molecule has 0 N–H and O–H groups in total. The number of piperidine rings is 1. The zero-order valence-electron chi connectivity index (χ0n) is 19.4. The van der Waals surface area contributed by atoms with Crippen LogP contribution in [0, 0.1) is 11.3 Å². The van der Waals surface area contributed by atoms with Crippen LogP contribution in [0.3, 0.4) is 0 Å². The number of ether oxygens (including phenoxy) is 2. The fourth-order valence-electron chi connectivity index (χ4n) is 3.97. The summed E-state index contributed by atoms with van der Waals surface area (Å²) in [5.41, 5.74) is 1.95. The molecule has 2 aliphatic rings. The molecule has 2 heterocycles. The second-order valence-electron chi connectivity index (χ2n) is 8.18. The molecule has 180 valence electrons. The van der Waals surface area contributed by atoms with E-state index >= 15 is 0 Å². The normalized spacial score (nSPS) is 17.0. The number of hydrogen-bond acceptors (Lipinski definition) is 7. The molecule has 2 aromatic carbocycles. The molecule has 9 heteroatoms. The maximum atomic E-state index is 12.8. The van der Waals surface area contributed by atoms with E-state index in [9.17, 15) is 19.6 Å². The molecule has 8 nitrogen and oxygen atoms in total. The first-order valence-corrected chi connectivity index (χ1v) is 12.1. The topological polar surface area (TPSA) is 99.9 Å². The van der Waals surface area contributed by atoms with E-state index < -0.39 is 11.1 Å². The largest absolute Gasteiger partial charge is 0.493 e. The van der Waals surface area contributed by atoms with E-state index in [-0.39, 0.29) is 24.0 Å². The fraction of sp³-hybridized carbons (Fsp3) is 0.308. The monoisotopic (exact) mass is 491 g/mol. The summed E-state index contributed by atoms with van der Waals surface area (Å²) in [5, 5.41) is 8.80. The van der Waals surface area contributed by atoms with Crippen LogP contribution in [-0.4, -0.2) is 53.6 Å². The Morgan fingerprint density at radius 2 is 1.89 bits per heavy atom. The minimum absolute atomic E-state index is 0.198. The van der Waals surface area contributed by atoms with Crippen molar-refractivity contribution in [2.45, 2.75) is 25.9 Å². The highest BCUT2D eigenvalue weighted by Gasteiger charge is 2.37. The van der Waals surface area contributed by atoms with Crippen molar-refractivity contribution >= 4 is 34.9 Å². The number of hydrogen-bond donors (Lipinski definition) is 0. The molecule has 0 atom stereocenters. The predicted molar refractivity (Wildman–Crippen MR) is 132 cm³/mol. The first-order valence-electron chi connectivity index (χ1n) is 11.3. The van der Waals surface area contributed by atoms with Crippen LogP contribution >= 0.6 is 11.8 Å². The molecular weight excluding hydrogens is 466 g/mol. The van der Waals surface area contributed by atoms with Gasteiger partial charge in [0.15, 0.2) is 11.5 Å². The minimum Gasteiger partial charge on any atom is -0.493 e. The molecule has 3 amide bonds. The number of benzene rings is 2. The van der Waals surface area contributed by atoms with E-state index in [2.05, 4.69) is 6.07 Å². The van der Waals surface area contributed by atoms with Crippen molar-refractivity contribution in [1.82, 2.24) is 9.80 Å². The van der Waals surface area contributed by atoms with Gasteiger partial charge in [0.25, 0.3) is 11.1 Å². The van der Waals surface area contributed by atoms with Crippen LogP contribution in [0.25, 0.3) is 6.08 Å². The van der Waals surface area contributed by atoms with Crippen molar-refractivity contribution in [3.8, 4) is 17.6 Å². The highest BCUT2D eigenvalue weighted by atomic mass is 32.2. The van der Waals surface area contributed by atoms with E-state index in [1.165, 1.54) is 7.11 Å². The number of nitriles is 1. The van der Waals surface area contributed by atoms with Gasteiger partial charge in [0, 0.05) is 18.7 Å². The fourth-order valence-corrected chi connectivity index (χ4v) is 4.81. The zero-order chi connectivity index (χ0) is 24.8. The maximum absolute atomic E-state index is 12.8. The van der Waals surface area contributed by atoms with Crippen molar-refractivity contribution in [1.29, 1.82) is 5.26 Å². The Morgan fingerprint density at radius 1 is 1.11 bits per heavy atom. The molecule has 4 rings (SSSR count). The third-order valence-corrected chi connectivity index (χ3v) is 6.79. The molecule has 2 fully saturated rings. The van der Waals surface area contributed by atoms with Gasteiger partial charge in [-0.3, -0.25) is 19.3 Å². The first kappa shape index (κ1) is 24.4. The lowest BCUT2D eigenvalue weighted by molar-refractivity contribution is -0.136. The second kappa shape index (κ2) is 11.1. The van der Waals surface area contributed by atoms with Crippen LogP contribution in [0.2, 0.25) is 0 Å². The maximum Gasteiger partial charge on any atom is 0.294 e. The molecule has 2 aromatic rings. The van der Waals surface area contributed by atoms with E-state index in [4.69, 9.17) is 9.47 Å². The lowest BCUT2D eigenvalue weighted by Crippen LogP contribution is -2.44. The number of rotatable bonds is 7. The Morgan fingerprint density at radius 3 is 2.63 bits per heavy atom. The molecule has 0 saturated carbocycles. The van der Waals surface area contributed by atoms with Gasteiger partial charge in [-0.1, -0.05) is 24.3 Å². The quantitative estimate of drug-likeness (QED) is 0.535. The smallest absolute Gasteiger partial charge is 0.294 e. The molecule has 2 saturated heterocycles.